The average Bonchev–Trinajstić information content (AvgIpc) is 3.45. The Balaban J connectivity index is 1.71. The number of ether oxygens (including phenoxy) is 2. The number of hydrogen-bond donors (Lipinski definition) is 1. The van der Waals surface area contributed by atoms with E-state index in [-0.39, 0.29) is 11.3 Å². The van der Waals surface area contributed by atoms with Crippen molar-refractivity contribution in [2.75, 3.05) is 19.1 Å². The molecule has 38 heavy (non-hydrogen) atoms. The second kappa shape index (κ2) is 9.75. The highest BCUT2D eigenvalue weighted by Crippen LogP contribution is 2.44. The van der Waals surface area contributed by atoms with Gasteiger partial charge in [0.15, 0.2) is 5.13 Å². The van der Waals surface area contributed by atoms with E-state index in [9.17, 15) is 19.5 Å². The predicted octanol–water partition coefficient (Wildman–Crippen LogP) is 5.33. The molecule has 3 aromatic carbocycles. The van der Waals surface area contributed by atoms with Crippen molar-refractivity contribution in [3.8, 4) is 5.75 Å². The van der Waals surface area contributed by atoms with Gasteiger partial charge < -0.3 is 14.6 Å². The van der Waals surface area contributed by atoms with E-state index in [0.717, 1.165) is 15.8 Å². The lowest BCUT2D eigenvalue weighted by Gasteiger charge is -2.23. The predicted molar refractivity (Wildman–Crippen MR) is 145 cm³/mol. The van der Waals surface area contributed by atoms with Gasteiger partial charge in [0, 0.05) is 5.56 Å². The van der Waals surface area contributed by atoms with Gasteiger partial charge in [0.2, 0.25) is 0 Å². The monoisotopic (exact) mass is 528 g/mol. The normalized spacial score (nSPS) is 16.7. The van der Waals surface area contributed by atoms with Gasteiger partial charge in [-0.15, -0.1) is 0 Å². The lowest BCUT2D eigenvalue weighted by molar-refractivity contribution is -0.132. The summed E-state index contributed by atoms with van der Waals surface area (Å²) in [7, 11) is 2.84. The van der Waals surface area contributed by atoms with Crippen LogP contribution in [0.1, 0.15) is 38.7 Å². The summed E-state index contributed by atoms with van der Waals surface area (Å²) in [5.74, 6) is -1.82. The number of aliphatic hydroxyl groups is 1. The maximum atomic E-state index is 13.5. The summed E-state index contributed by atoms with van der Waals surface area (Å²) in [5.41, 5.74) is 3.64. The molecule has 9 heteroatoms. The Morgan fingerprint density at radius 2 is 1.68 bits per heavy atom. The van der Waals surface area contributed by atoms with Crippen LogP contribution in [0.25, 0.3) is 16.0 Å². The summed E-state index contributed by atoms with van der Waals surface area (Å²) in [6.45, 7) is 3.78. The molecule has 1 aliphatic heterocycles. The molecule has 0 bridgehead atoms. The number of nitrogens with zero attached hydrogens (tertiary/aromatic N) is 2. The number of rotatable bonds is 5. The molecule has 8 nitrogen and oxygen atoms in total. The first-order valence-electron chi connectivity index (χ1n) is 11.7. The smallest absolute Gasteiger partial charge is 0.337 e. The number of ketones is 1. The SMILES string of the molecule is COC(=O)c1ccc([C@H]2C(=C(O)c3ccc(OC)c(C)c3)C(=O)C(=O)N2c2nc3ccc(C)cc3s2)cc1. The van der Waals surface area contributed by atoms with Crippen LogP contribution in [0.5, 0.6) is 5.75 Å². The highest BCUT2D eigenvalue weighted by molar-refractivity contribution is 7.22. The Morgan fingerprint density at radius 3 is 2.34 bits per heavy atom. The molecular formula is C29H24N2O6S. The summed E-state index contributed by atoms with van der Waals surface area (Å²) in [6.07, 6.45) is 0. The number of benzene rings is 3. The third-order valence-electron chi connectivity index (χ3n) is 6.50. The number of fused-ring (bicyclic) bond motifs is 1. The van der Waals surface area contributed by atoms with Gasteiger partial charge in [0.1, 0.15) is 11.5 Å². The lowest BCUT2D eigenvalue weighted by atomic mass is 9.94. The molecule has 2 heterocycles. The highest BCUT2D eigenvalue weighted by Gasteiger charge is 2.48. The first-order valence-corrected chi connectivity index (χ1v) is 12.6. The lowest BCUT2D eigenvalue weighted by Crippen LogP contribution is -2.29. The van der Waals surface area contributed by atoms with Crippen molar-refractivity contribution in [3.63, 3.8) is 0 Å². The minimum absolute atomic E-state index is 0.0687. The standard InChI is InChI=1S/C29H24N2O6S/c1-15-5-11-20-22(13-15)38-29(30-20)31-24(17-6-8-18(9-7-17)28(35)37-4)23(26(33)27(31)34)25(32)19-10-12-21(36-3)16(2)14-19/h5-14,24,32H,1-4H3/t24-/m0/s1. The van der Waals surface area contributed by atoms with Crippen LogP contribution in [0.15, 0.2) is 66.2 Å². The van der Waals surface area contributed by atoms with E-state index in [2.05, 4.69) is 4.98 Å². The summed E-state index contributed by atoms with van der Waals surface area (Å²) >= 11 is 1.29. The van der Waals surface area contributed by atoms with Crippen molar-refractivity contribution in [2.24, 2.45) is 0 Å². The number of Topliss-reactive ketones (excluding diaryl/α,β-unsaturated/α-hetero) is 1. The number of aliphatic hydroxyl groups excluding tert-OH is 1. The van der Waals surface area contributed by atoms with E-state index >= 15 is 0 Å². The zero-order valence-corrected chi connectivity index (χ0v) is 22.0. The van der Waals surface area contributed by atoms with Gasteiger partial charge in [-0.05, 0) is 73.0 Å². The minimum Gasteiger partial charge on any atom is -0.507 e. The van der Waals surface area contributed by atoms with Crippen molar-refractivity contribution >= 4 is 50.1 Å². The van der Waals surface area contributed by atoms with E-state index < -0.39 is 23.7 Å². The number of aromatic nitrogens is 1. The number of anilines is 1. The summed E-state index contributed by atoms with van der Waals surface area (Å²) < 4.78 is 11.0. The molecule has 4 aromatic rings. The minimum atomic E-state index is -0.967. The second-order valence-electron chi connectivity index (χ2n) is 8.93. The van der Waals surface area contributed by atoms with Crippen LogP contribution in [0.2, 0.25) is 0 Å². The van der Waals surface area contributed by atoms with Crippen LogP contribution in [0, 0.1) is 13.8 Å². The molecule has 0 unspecified atom stereocenters. The summed E-state index contributed by atoms with van der Waals surface area (Å²) in [4.78, 5) is 44.9. The number of hydrogen-bond acceptors (Lipinski definition) is 8. The molecule has 1 aliphatic rings. The molecule has 192 valence electrons. The highest BCUT2D eigenvalue weighted by atomic mass is 32.1. The fraction of sp³-hybridized carbons (Fsp3) is 0.172. The Bertz CT molecular complexity index is 1640. The Labute approximate surface area is 222 Å². The topological polar surface area (TPSA) is 106 Å². The van der Waals surface area contributed by atoms with E-state index in [1.807, 2.05) is 32.0 Å². The molecule has 1 saturated heterocycles. The van der Waals surface area contributed by atoms with Gasteiger partial charge in [-0.1, -0.05) is 29.5 Å². The van der Waals surface area contributed by atoms with Gasteiger partial charge in [-0.2, -0.15) is 0 Å². The zero-order valence-electron chi connectivity index (χ0n) is 21.1. The Kier molecular flexibility index (Phi) is 6.46. The van der Waals surface area contributed by atoms with Gasteiger partial charge in [-0.25, -0.2) is 9.78 Å². The molecule has 1 aromatic heterocycles. The zero-order chi connectivity index (χ0) is 27.1. The van der Waals surface area contributed by atoms with Gasteiger partial charge in [-0.3, -0.25) is 14.5 Å². The van der Waals surface area contributed by atoms with Gasteiger partial charge >= 0.3 is 11.9 Å². The van der Waals surface area contributed by atoms with Crippen molar-refractivity contribution in [3.05, 3.63) is 94.1 Å². The molecule has 1 atom stereocenters. The van der Waals surface area contributed by atoms with E-state index in [0.29, 0.717) is 33.1 Å². The van der Waals surface area contributed by atoms with Crippen molar-refractivity contribution < 1.29 is 29.0 Å². The van der Waals surface area contributed by atoms with Crippen LogP contribution in [-0.2, 0) is 14.3 Å². The molecule has 1 amide bonds. The Hall–Kier alpha value is -4.50. The Morgan fingerprint density at radius 1 is 0.974 bits per heavy atom. The maximum absolute atomic E-state index is 13.5. The number of carbonyl (C=O) groups is 3. The molecule has 0 aliphatic carbocycles. The molecule has 1 N–H and O–H groups in total. The van der Waals surface area contributed by atoms with E-state index in [1.165, 1.54) is 23.3 Å². The van der Waals surface area contributed by atoms with Crippen LogP contribution < -0.4 is 9.64 Å². The first kappa shape index (κ1) is 25.2. The maximum Gasteiger partial charge on any atom is 0.337 e. The van der Waals surface area contributed by atoms with Crippen LogP contribution in [0.4, 0.5) is 5.13 Å². The molecular weight excluding hydrogens is 504 g/mol. The number of amides is 1. The second-order valence-corrected chi connectivity index (χ2v) is 9.94. The number of carbonyl (C=O) groups excluding carboxylic acids is 3. The third kappa shape index (κ3) is 4.20. The number of methoxy groups -OCH3 is 2. The molecule has 0 spiro atoms. The fourth-order valence-electron chi connectivity index (χ4n) is 4.57. The van der Waals surface area contributed by atoms with Crippen molar-refractivity contribution in [2.45, 2.75) is 19.9 Å². The third-order valence-corrected chi connectivity index (χ3v) is 7.52. The summed E-state index contributed by atoms with van der Waals surface area (Å²) in [5, 5.41) is 11.7. The number of esters is 1. The molecule has 5 rings (SSSR count). The van der Waals surface area contributed by atoms with E-state index in [1.54, 1.807) is 49.6 Å². The van der Waals surface area contributed by atoms with Crippen molar-refractivity contribution in [1.82, 2.24) is 4.98 Å². The van der Waals surface area contributed by atoms with Crippen molar-refractivity contribution in [1.29, 1.82) is 0 Å². The first-order chi connectivity index (χ1) is 18.2. The summed E-state index contributed by atoms with van der Waals surface area (Å²) in [6, 6.07) is 16.2. The fourth-order valence-corrected chi connectivity index (χ4v) is 5.66. The quantitative estimate of drug-likeness (QED) is 0.161. The number of aryl methyl sites for hydroxylation is 2. The largest absolute Gasteiger partial charge is 0.507 e. The molecule has 0 radical (unpaired) electrons. The average molecular weight is 529 g/mol. The number of thiazole rings is 1. The van der Waals surface area contributed by atoms with Crippen LogP contribution in [-0.4, -0.2) is 42.0 Å². The van der Waals surface area contributed by atoms with Gasteiger partial charge in [0.05, 0.1) is 41.6 Å². The van der Waals surface area contributed by atoms with E-state index in [4.69, 9.17) is 9.47 Å². The molecule has 1 fully saturated rings. The van der Waals surface area contributed by atoms with Crippen LogP contribution in [0.3, 0.4) is 0 Å². The van der Waals surface area contributed by atoms with Crippen LogP contribution >= 0.6 is 11.3 Å². The molecule has 0 saturated carbocycles. The van der Waals surface area contributed by atoms with Gasteiger partial charge in [0.25, 0.3) is 5.78 Å².